The fourth-order valence-corrected chi connectivity index (χ4v) is 1.83. The molecule has 1 fully saturated rings. The summed E-state index contributed by atoms with van der Waals surface area (Å²) in [5.74, 6) is -0.266. The number of hydrogen-bond donors (Lipinski definition) is 2. The smallest absolute Gasteiger partial charge is 0.245 e. The molecule has 2 amide bonds. The molecule has 1 unspecified atom stereocenters. The van der Waals surface area contributed by atoms with Crippen molar-refractivity contribution in [3.05, 3.63) is 0 Å². The summed E-state index contributed by atoms with van der Waals surface area (Å²) in [6.07, 6.45) is 0.202. The quantitative estimate of drug-likeness (QED) is 0.709. The van der Waals surface area contributed by atoms with Gasteiger partial charge in [-0.05, 0) is 20.8 Å². The van der Waals surface area contributed by atoms with Crippen molar-refractivity contribution in [3.8, 4) is 0 Å². The Bertz CT molecular complexity index is 306. The number of morpholine rings is 1. The van der Waals surface area contributed by atoms with E-state index in [0.29, 0.717) is 26.3 Å². The second kappa shape index (κ2) is 6.15. The van der Waals surface area contributed by atoms with Crippen LogP contribution in [0.15, 0.2) is 0 Å². The van der Waals surface area contributed by atoms with Crippen LogP contribution in [-0.4, -0.2) is 54.6 Å². The topological polar surface area (TPSA) is 84.7 Å². The van der Waals surface area contributed by atoms with Gasteiger partial charge in [-0.2, -0.15) is 0 Å². The second-order valence-corrected chi connectivity index (χ2v) is 5.39. The molecule has 1 aliphatic rings. The van der Waals surface area contributed by atoms with Gasteiger partial charge in [0.25, 0.3) is 0 Å². The molecule has 0 aromatic carbocycles. The highest BCUT2D eigenvalue weighted by Gasteiger charge is 2.25. The summed E-state index contributed by atoms with van der Waals surface area (Å²) in [6.45, 7) is 7.54. The first kappa shape index (κ1) is 14.9. The van der Waals surface area contributed by atoms with E-state index in [-0.39, 0.29) is 18.2 Å². The van der Waals surface area contributed by atoms with Crippen molar-refractivity contribution in [1.29, 1.82) is 0 Å². The molecule has 1 rings (SSSR count). The van der Waals surface area contributed by atoms with Crippen LogP contribution >= 0.6 is 0 Å². The van der Waals surface area contributed by atoms with E-state index in [2.05, 4.69) is 5.32 Å². The summed E-state index contributed by atoms with van der Waals surface area (Å²) >= 11 is 0. The molecule has 3 N–H and O–H groups in total. The number of carbonyl (C=O) groups excluding carboxylic acids is 2. The Labute approximate surface area is 108 Å². The average molecular weight is 257 g/mol. The molecule has 1 aliphatic heterocycles. The Kier molecular flexibility index (Phi) is 5.10. The zero-order chi connectivity index (χ0) is 13.8. The van der Waals surface area contributed by atoms with Gasteiger partial charge in [0.05, 0.1) is 13.2 Å². The average Bonchev–Trinajstić information content (AvgIpc) is 2.26. The molecule has 0 aromatic rings. The zero-order valence-electron chi connectivity index (χ0n) is 11.4. The van der Waals surface area contributed by atoms with Gasteiger partial charge in [-0.15, -0.1) is 0 Å². The van der Waals surface area contributed by atoms with Crippen LogP contribution in [0.25, 0.3) is 0 Å². The summed E-state index contributed by atoms with van der Waals surface area (Å²) in [6, 6.07) is -0.516. The number of nitrogens with two attached hydrogens (primary N) is 1. The molecular weight excluding hydrogens is 234 g/mol. The number of nitrogens with one attached hydrogen (secondary N) is 1. The van der Waals surface area contributed by atoms with E-state index < -0.39 is 11.6 Å². The van der Waals surface area contributed by atoms with Gasteiger partial charge in [0.2, 0.25) is 11.8 Å². The third kappa shape index (κ3) is 5.01. The van der Waals surface area contributed by atoms with Crippen LogP contribution < -0.4 is 11.1 Å². The van der Waals surface area contributed by atoms with Gasteiger partial charge in [-0.25, -0.2) is 0 Å². The second-order valence-electron chi connectivity index (χ2n) is 5.39. The largest absolute Gasteiger partial charge is 0.378 e. The summed E-state index contributed by atoms with van der Waals surface area (Å²) in [5, 5.41) is 2.68. The van der Waals surface area contributed by atoms with Gasteiger partial charge in [0.15, 0.2) is 0 Å². The third-order valence-corrected chi connectivity index (χ3v) is 2.69. The van der Waals surface area contributed by atoms with Crippen molar-refractivity contribution in [3.63, 3.8) is 0 Å². The predicted octanol–water partition coefficient (Wildman–Crippen LogP) is -0.523. The summed E-state index contributed by atoms with van der Waals surface area (Å²) in [4.78, 5) is 25.4. The molecule has 104 valence electrons. The van der Waals surface area contributed by atoms with E-state index >= 15 is 0 Å². The summed E-state index contributed by atoms with van der Waals surface area (Å²) in [7, 11) is 0. The molecule has 0 radical (unpaired) electrons. The van der Waals surface area contributed by atoms with E-state index in [1.54, 1.807) is 25.7 Å². The molecule has 0 bridgehead atoms. The summed E-state index contributed by atoms with van der Waals surface area (Å²) < 4.78 is 5.18. The van der Waals surface area contributed by atoms with Crippen LogP contribution in [0.1, 0.15) is 27.2 Å². The van der Waals surface area contributed by atoms with Gasteiger partial charge in [-0.1, -0.05) is 0 Å². The molecule has 0 spiro atoms. The minimum Gasteiger partial charge on any atom is -0.378 e. The predicted molar refractivity (Wildman–Crippen MR) is 67.9 cm³/mol. The Morgan fingerprint density at radius 2 is 1.94 bits per heavy atom. The first-order valence-electron chi connectivity index (χ1n) is 6.24. The van der Waals surface area contributed by atoms with Gasteiger partial charge < -0.3 is 20.7 Å². The fraction of sp³-hybridized carbons (Fsp3) is 0.833. The first-order valence-corrected chi connectivity index (χ1v) is 6.24. The number of ether oxygens (including phenoxy) is 1. The Hall–Kier alpha value is -1.14. The molecule has 1 heterocycles. The maximum atomic E-state index is 12.0. The van der Waals surface area contributed by atoms with E-state index in [0.717, 1.165) is 0 Å². The SMILES string of the molecule is CC(NC(=O)CC(C)(C)N)C(=O)N1CCOCC1. The van der Waals surface area contributed by atoms with Gasteiger partial charge >= 0.3 is 0 Å². The minimum absolute atomic E-state index is 0.0681. The zero-order valence-corrected chi connectivity index (χ0v) is 11.4. The Morgan fingerprint density at radius 3 is 2.44 bits per heavy atom. The van der Waals surface area contributed by atoms with E-state index in [9.17, 15) is 9.59 Å². The van der Waals surface area contributed by atoms with Crippen LogP contribution in [0.3, 0.4) is 0 Å². The third-order valence-electron chi connectivity index (χ3n) is 2.69. The molecular formula is C12H23N3O3. The maximum Gasteiger partial charge on any atom is 0.245 e. The molecule has 6 heteroatoms. The van der Waals surface area contributed by atoms with Crippen molar-refractivity contribution in [2.75, 3.05) is 26.3 Å². The standard InChI is InChI=1S/C12H23N3O3/c1-9(14-10(16)8-12(2,3)13)11(17)15-4-6-18-7-5-15/h9H,4-8,13H2,1-3H3,(H,14,16). The van der Waals surface area contributed by atoms with Gasteiger partial charge in [-0.3, -0.25) is 9.59 Å². The van der Waals surface area contributed by atoms with Gasteiger partial charge in [0, 0.05) is 25.0 Å². The van der Waals surface area contributed by atoms with E-state index in [1.807, 2.05) is 0 Å². The fourth-order valence-electron chi connectivity index (χ4n) is 1.83. The van der Waals surface area contributed by atoms with Crippen molar-refractivity contribution in [2.45, 2.75) is 38.8 Å². The van der Waals surface area contributed by atoms with Crippen molar-refractivity contribution in [1.82, 2.24) is 10.2 Å². The molecule has 6 nitrogen and oxygen atoms in total. The van der Waals surface area contributed by atoms with E-state index in [1.165, 1.54) is 0 Å². The monoisotopic (exact) mass is 257 g/mol. The lowest BCUT2D eigenvalue weighted by Crippen LogP contribution is -2.51. The summed E-state index contributed by atoms with van der Waals surface area (Å²) in [5.41, 5.74) is 5.19. The molecule has 0 aliphatic carbocycles. The Morgan fingerprint density at radius 1 is 1.39 bits per heavy atom. The van der Waals surface area contributed by atoms with Crippen LogP contribution in [0.4, 0.5) is 0 Å². The van der Waals surface area contributed by atoms with Crippen LogP contribution in [0.5, 0.6) is 0 Å². The number of rotatable bonds is 4. The van der Waals surface area contributed by atoms with Crippen molar-refractivity contribution in [2.24, 2.45) is 5.73 Å². The highest BCUT2D eigenvalue weighted by molar-refractivity contribution is 5.87. The van der Waals surface area contributed by atoms with Crippen molar-refractivity contribution < 1.29 is 14.3 Å². The van der Waals surface area contributed by atoms with Crippen molar-refractivity contribution >= 4 is 11.8 Å². The van der Waals surface area contributed by atoms with Crippen LogP contribution in [0, 0.1) is 0 Å². The molecule has 1 atom stereocenters. The molecule has 0 saturated carbocycles. The minimum atomic E-state index is -0.564. The number of amides is 2. The van der Waals surface area contributed by atoms with Crippen LogP contribution in [0.2, 0.25) is 0 Å². The normalized spacial score (nSPS) is 18.3. The number of nitrogens with zero attached hydrogens (tertiary/aromatic N) is 1. The number of carbonyl (C=O) groups is 2. The highest BCUT2D eigenvalue weighted by Crippen LogP contribution is 2.05. The number of hydrogen-bond acceptors (Lipinski definition) is 4. The lowest BCUT2D eigenvalue weighted by Gasteiger charge is -2.29. The maximum absolute atomic E-state index is 12.0. The molecule has 0 aromatic heterocycles. The first-order chi connectivity index (χ1) is 8.29. The van der Waals surface area contributed by atoms with Gasteiger partial charge in [0.1, 0.15) is 6.04 Å². The van der Waals surface area contributed by atoms with E-state index in [4.69, 9.17) is 10.5 Å². The Balaban J connectivity index is 2.41. The van der Waals surface area contributed by atoms with Crippen LogP contribution in [-0.2, 0) is 14.3 Å². The highest BCUT2D eigenvalue weighted by atomic mass is 16.5. The molecule has 1 saturated heterocycles. The lowest BCUT2D eigenvalue weighted by atomic mass is 10.0. The lowest BCUT2D eigenvalue weighted by molar-refractivity contribution is -0.139. The molecule has 18 heavy (non-hydrogen) atoms.